The van der Waals surface area contributed by atoms with Crippen molar-refractivity contribution in [2.24, 2.45) is 11.8 Å². The van der Waals surface area contributed by atoms with Gasteiger partial charge in [-0.15, -0.1) is 0 Å². The smallest absolute Gasteiger partial charge is 0.481 e. The molecule has 0 aromatic carbocycles. The van der Waals surface area contributed by atoms with Crippen molar-refractivity contribution in [2.45, 2.75) is 161 Å². The molecule has 0 aromatic rings. The summed E-state index contributed by atoms with van der Waals surface area (Å²) in [5, 5.41) is 18.9. The molecular formula is C53H88O24Si2. The van der Waals surface area contributed by atoms with Gasteiger partial charge in [-0.2, -0.15) is 0 Å². The zero-order valence-electron chi connectivity index (χ0n) is 47.1. The second kappa shape index (κ2) is 38.5. The maximum atomic E-state index is 12.4. The lowest BCUT2D eigenvalue weighted by Gasteiger charge is -2.34. The molecule has 0 bridgehead atoms. The molecule has 3 fully saturated rings. The number of aliphatic hydroxyl groups is 1. The van der Waals surface area contributed by atoms with Gasteiger partial charge in [0.2, 0.25) is 0 Å². The fourth-order valence-corrected chi connectivity index (χ4v) is 11.5. The highest BCUT2D eigenvalue weighted by molar-refractivity contribution is 6.60. The third-order valence-corrected chi connectivity index (χ3v) is 18.0. The number of fused-ring (bicyclic) bond motifs is 1. The van der Waals surface area contributed by atoms with Gasteiger partial charge < -0.3 is 74.7 Å². The van der Waals surface area contributed by atoms with Gasteiger partial charge in [-0.05, 0) is 90.9 Å². The average molecular weight is 1170 g/mol. The van der Waals surface area contributed by atoms with Crippen LogP contribution in [0.1, 0.15) is 112 Å². The number of rotatable bonds is 33. The topological polar surface area (TPSA) is 310 Å². The van der Waals surface area contributed by atoms with E-state index in [0.29, 0.717) is 31.1 Å². The van der Waals surface area contributed by atoms with E-state index in [1.165, 1.54) is 47.0 Å². The van der Waals surface area contributed by atoms with Crippen LogP contribution < -0.4 is 0 Å². The molecule has 0 spiro atoms. The second-order valence-corrected chi connectivity index (χ2v) is 25.1. The van der Waals surface area contributed by atoms with Crippen LogP contribution in [0.2, 0.25) is 12.1 Å². The molecule has 3 rings (SSSR count). The Bertz CT molecular complexity index is 1940. The van der Waals surface area contributed by atoms with Gasteiger partial charge >= 0.3 is 65.4 Å². The van der Waals surface area contributed by atoms with E-state index in [4.69, 9.17) is 69.6 Å². The highest BCUT2D eigenvalue weighted by atomic mass is 28.4. The summed E-state index contributed by atoms with van der Waals surface area (Å²) >= 11 is 0. The van der Waals surface area contributed by atoms with Crippen molar-refractivity contribution in [3.8, 4) is 0 Å². The van der Waals surface area contributed by atoms with Crippen molar-refractivity contribution in [3.63, 3.8) is 0 Å². The zero-order valence-corrected chi connectivity index (χ0v) is 49.1. The quantitative estimate of drug-likeness (QED) is 0.0261. The van der Waals surface area contributed by atoms with E-state index in [-0.39, 0.29) is 81.3 Å². The van der Waals surface area contributed by atoms with E-state index < -0.39 is 96.2 Å². The fraction of sp³-hybridized carbons (Fsp3) is 0.698. The van der Waals surface area contributed by atoms with E-state index in [1.807, 2.05) is 0 Å². The van der Waals surface area contributed by atoms with Crippen molar-refractivity contribution in [2.75, 3.05) is 69.1 Å². The highest BCUT2D eigenvalue weighted by Gasteiger charge is 2.46. The van der Waals surface area contributed by atoms with Crippen molar-refractivity contribution in [3.05, 3.63) is 48.6 Å². The molecule has 1 heterocycles. The van der Waals surface area contributed by atoms with Crippen LogP contribution in [0.4, 0.5) is 0 Å². The number of carboxylic acid groups (broad SMARTS) is 1. The summed E-state index contributed by atoms with van der Waals surface area (Å²) in [7, 11) is 4.60. The standard InChI is InChI=1S/C26H42O12Si.C15H20O8.C11H22O4Si.CH4/c1-17(2)25(30)35-15-20(16-36-26(31)18(3)4)37-23(28)10-11-24(29)38-22-14-19(8-9-21(22)27)12-13-39(32-5,33-6)34-7;1-9(2)14(19)21-7-11(8-22-15(20)10(3)4)23-13(18)6-5-12(16)17;1-12-16(13-2,14-3)7-6-9-4-5-10-11(8-9)15-10;/h19-22,27H,1,3,8-16H2,2,4-7H3;11H,1,3,5-8H2,2,4H3,(H,16,17);9-11H,4-8H2,1-3H3;1H4. The van der Waals surface area contributed by atoms with Gasteiger partial charge in [-0.25, -0.2) is 19.2 Å². The van der Waals surface area contributed by atoms with Crippen molar-refractivity contribution in [1.82, 2.24) is 0 Å². The largest absolute Gasteiger partial charge is 0.500 e. The third kappa shape index (κ3) is 29.7. The molecule has 3 aliphatic rings. The molecule has 6 unspecified atom stereocenters. The Balaban J connectivity index is 0.00000128. The summed E-state index contributed by atoms with van der Waals surface area (Å²) in [6, 6.07) is 1.51. The number of aliphatic hydroxyl groups excluding tert-OH is 1. The maximum absolute atomic E-state index is 12.4. The van der Waals surface area contributed by atoms with Crippen LogP contribution in [0, 0.1) is 11.8 Å². The predicted molar refractivity (Wildman–Crippen MR) is 287 cm³/mol. The molecule has 24 nitrogen and oxygen atoms in total. The number of hydrogen-bond donors (Lipinski definition) is 2. The lowest BCUT2D eigenvalue weighted by Crippen LogP contribution is -2.44. The highest BCUT2D eigenvalue weighted by Crippen LogP contribution is 2.41. The Morgan fingerprint density at radius 2 is 0.848 bits per heavy atom. The van der Waals surface area contributed by atoms with Gasteiger partial charge in [0.05, 0.1) is 44.0 Å². The fourth-order valence-electron chi connectivity index (χ4n) is 7.74. The summed E-state index contributed by atoms with van der Waals surface area (Å²) in [6.07, 6.45) is 3.41. The van der Waals surface area contributed by atoms with Crippen LogP contribution in [0.15, 0.2) is 48.6 Å². The summed E-state index contributed by atoms with van der Waals surface area (Å²) < 4.78 is 73.5. The monoisotopic (exact) mass is 1160 g/mol. The van der Waals surface area contributed by atoms with Crippen molar-refractivity contribution >= 4 is 65.4 Å². The van der Waals surface area contributed by atoms with Gasteiger partial charge in [0, 0.05) is 77.0 Å². The number of aliphatic carboxylic acids is 1. The van der Waals surface area contributed by atoms with E-state index in [9.17, 15) is 43.5 Å². The van der Waals surface area contributed by atoms with Crippen molar-refractivity contribution < 1.29 is 113 Å². The zero-order chi connectivity index (χ0) is 59.2. The first-order valence-corrected chi connectivity index (χ1v) is 29.3. The van der Waals surface area contributed by atoms with Crippen LogP contribution in [0.3, 0.4) is 0 Å². The number of ether oxygens (including phenoxy) is 8. The number of carbonyl (C=O) groups excluding carboxylic acids is 7. The van der Waals surface area contributed by atoms with Gasteiger partial charge in [0.15, 0.2) is 12.2 Å². The van der Waals surface area contributed by atoms with Gasteiger partial charge in [-0.3, -0.25) is 19.2 Å². The molecule has 452 valence electrons. The molecule has 1 aliphatic heterocycles. The summed E-state index contributed by atoms with van der Waals surface area (Å²) in [5.41, 5.74) is 0.595. The molecule has 79 heavy (non-hydrogen) atoms. The summed E-state index contributed by atoms with van der Waals surface area (Å²) in [4.78, 5) is 92.8. The number of carbonyl (C=O) groups is 8. The molecule has 0 radical (unpaired) electrons. The Morgan fingerprint density at radius 3 is 1.19 bits per heavy atom. The third-order valence-electron chi connectivity index (χ3n) is 12.5. The van der Waals surface area contributed by atoms with Crippen LogP contribution in [-0.4, -0.2) is 181 Å². The lowest BCUT2D eigenvalue weighted by molar-refractivity contribution is -0.167. The first-order valence-electron chi connectivity index (χ1n) is 25.5. The summed E-state index contributed by atoms with van der Waals surface area (Å²) in [5.74, 6) is -5.25. The number of epoxide rings is 1. The molecule has 2 saturated carbocycles. The first-order chi connectivity index (χ1) is 36.7. The Kier molecular flexibility index (Phi) is 36.0. The van der Waals surface area contributed by atoms with E-state index in [2.05, 4.69) is 26.3 Å². The van der Waals surface area contributed by atoms with Gasteiger partial charge in [0.1, 0.15) is 32.5 Å². The minimum atomic E-state index is -2.73. The molecule has 0 amide bonds. The Hall–Kier alpha value is -5.17. The number of esters is 7. The van der Waals surface area contributed by atoms with Crippen LogP contribution in [0.5, 0.6) is 0 Å². The summed E-state index contributed by atoms with van der Waals surface area (Å²) in [6.45, 7) is 18.1. The lowest BCUT2D eigenvalue weighted by atomic mass is 9.84. The van der Waals surface area contributed by atoms with E-state index in [1.54, 1.807) is 42.7 Å². The van der Waals surface area contributed by atoms with E-state index in [0.717, 1.165) is 31.2 Å². The molecular weight excluding hydrogens is 1080 g/mol. The molecule has 2 aliphatic carbocycles. The average Bonchev–Trinajstić information content (AvgIpc) is 4.20. The number of hydrogen-bond acceptors (Lipinski definition) is 23. The first kappa shape index (κ1) is 73.8. The molecule has 1 saturated heterocycles. The van der Waals surface area contributed by atoms with Gasteiger partial charge in [-0.1, -0.05) is 33.7 Å². The molecule has 26 heteroatoms. The normalized spacial score (nSPS) is 19.2. The maximum Gasteiger partial charge on any atom is 0.500 e. The van der Waals surface area contributed by atoms with Crippen LogP contribution in [-0.2, 0) is 103 Å². The minimum Gasteiger partial charge on any atom is -0.481 e. The minimum absolute atomic E-state index is 0. The predicted octanol–water partition coefficient (Wildman–Crippen LogP) is 5.72. The Morgan fingerprint density at radius 1 is 0.506 bits per heavy atom. The Labute approximate surface area is 467 Å². The molecule has 6 atom stereocenters. The van der Waals surface area contributed by atoms with E-state index >= 15 is 0 Å². The van der Waals surface area contributed by atoms with Crippen molar-refractivity contribution in [1.29, 1.82) is 0 Å². The number of carboxylic acids is 1. The van der Waals surface area contributed by atoms with Crippen LogP contribution >= 0.6 is 0 Å². The molecule has 2 N–H and O–H groups in total. The second-order valence-electron chi connectivity index (χ2n) is 19.0. The van der Waals surface area contributed by atoms with Gasteiger partial charge in [0.25, 0.3) is 0 Å². The molecule has 0 aromatic heterocycles. The van der Waals surface area contributed by atoms with Crippen LogP contribution in [0.25, 0.3) is 0 Å². The SMILES string of the molecule is C.C=C(C)C(=O)OCC(COC(=O)C(=C)C)OC(=O)CCC(=O)O.C=C(C)C(=O)OCC(COC(=O)C(=C)C)OC(=O)CCC(=O)OC1CC(CC[Si](OC)(OC)OC)CCC1O.CO[Si](CCC1CCC2OC2C1)(OC)OC.